The summed E-state index contributed by atoms with van der Waals surface area (Å²) in [6.45, 7) is 7.44. The molecular formula is C11H20N2O4S. The number of nitrogens with one attached hydrogen (secondary N) is 1. The van der Waals surface area contributed by atoms with Gasteiger partial charge in [0.05, 0.1) is 6.61 Å². The zero-order valence-corrected chi connectivity index (χ0v) is 12.0. The van der Waals surface area contributed by atoms with Crippen LogP contribution in [0.25, 0.3) is 0 Å². The summed E-state index contributed by atoms with van der Waals surface area (Å²) in [5, 5.41) is 2.05. The Balaban J connectivity index is 4.10. The molecule has 0 atom stereocenters. The molecule has 7 heteroatoms. The highest BCUT2D eigenvalue weighted by Gasteiger charge is 2.16. The number of hydrogen-bond acceptors (Lipinski definition) is 4. The van der Waals surface area contributed by atoms with Gasteiger partial charge < -0.3 is 9.47 Å². The van der Waals surface area contributed by atoms with Crippen LogP contribution in [0.3, 0.4) is 0 Å². The van der Waals surface area contributed by atoms with Gasteiger partial charge in [0.2, 0.25) is 0 Å². The molecule has 18 heavy (non-hydrogen) atoms. The van der Waals surface area contributed by atoms with Crippen molar-refractivity contribution < 1.29 is 19.1 Å². The van der Waals surface area contributed by atoms with Crippen molar-refractivity contribution >= 4 is 30.0 Å². The van der Waals surface area contributed by atoms with Crippen molar-refractivity contribution in [3.8, 4) is 0 Å². The molecule has 0 unspecified atom stereocenters. The average Bonchev–Trinajstić information content (AvgIpc) is 2.13. The smallest absolute Gasteiger partial charge is 0.436 e. The molecule has 6 nitrogen and oxygen atoms in total. The Morgan fingerprint density at radius 2 is 1.94 bits per heavy atom. The van der Waals surface area contributed by atoms with Crippen LogP contribution >= 0.6 is 12.6 Å². The molecule has 0 aliphatic rings. The standard InChI is InChI=1S/C11H20N2O4S/c1-5-6-7-16-9(14)12-8(18)13-10(15)17-11(2,3)4/h5-7H2,1-4H3,(H2,12,13,14,15,18). The molecular weight excluding hydrogens is 256 g/mol. The molecule has 0 saturated carbocycles. The first-order chi connectivity index (χ1) is 8.24. The summed E-state index contributed by atoms with van der Waals surface area (Å²) in [5.74, 6) is 0. The van der Waals surface area contributed by atoms with E-state index in [0.717, 1.165) is 12.8 Å². The fourth-order valence-corrected chi connectivity index (χ4v) is 1.02. The predicted octanol–water partition coefficient (Wildman–Crippen LogP) is 2.73. The van der Waals surface area contributed by atoms with Crippen molar-refractivity contribution in [2.24, 2.45) is 4.99 Å². The minimum absolute atomic E-state index is 0.161. The lowest BCUT2D eigenvalue weighted by atomic mass is 10.2. The third-order valence-corrected chi connectivity index (χ3v) is 1.75. The van der Waals surface area contributed by atoms with Crippen LogP contribution in [0.1, 0.15) is 40.5 Å². The summed E-state index contributed by atoms with van der Waals surface area (Å²) in [7, 11) is 0. The average molecular weight is 276 g/mol. The summed E-state index contributed by atoms with van der Waals surface area (Å²) in [6.07, 6.45) is 0.172. The lowest BCUT2D eigenvalue weighted by Gasteiger charge is -2.19. The summed E-state index contributed by atoms with van der Waals surface area (Å²) in [6, 6.07) is 0. The second-order valence-corrected chi connectivity index (χ2v) is 4.95. The van der Waals surface area contributed by atoms with Crippen LogP contribution in [0.2, 0.25) is 0 Å². The number of carbonyl (C=O) groups excluding carboxylic acids is 2. The van der Waals surface area contributed by atoms with Gasteiger partial charge in [0.1, 0.15) is 5.60 Å². The van der Waals surface area contributed by atoms with Crippen LogP contribution in [0, 0.1) is 0 Å². The highest BCUT2D eigenvalue weighted by atomic mass is 32.1. The number of ether oxygens (including phenoxy) is 2. The largest absolute Gasteiger partial charge is 0.448 e. The van der Waals surface area contributed by atoms with E-state index in [4.69, 9.17) is 9.47 Å². The van der Waals surface area contributed by atoms with Crippen LogP contribution in [0.15, 0.2) is 4.99 Å². The third-order valence-electron chi connectivity index (χ3n) is 1.53. The number of alkyl carbamates (subject to hydrolysis) is 1. The third kappa shape index (κ3) is 9.95. The van der Waals surface area contributed by atoms with Gasteiger partial charge in [-0.05, 0) is 27.2 Å². The minimum Gasteiger partial charge on any atom is -0.448 e. The molecule has 2 amide bonds. The quantitative estimate of drug-likeness (QED) is 0.359. The van der Waals surface area contributed by atoms with Crippen LogP contribution < -0.4 is 5.32 Å². The first kappa shape index (κ1) is 16.8. The van der Waals surface area contributed by atoms with E-state index >= 15 is 0 Å². The molecule has 0 spiro atoms. The monoisotopic (exact) mass is 276 g/mol. The Bertz CT molecular complexity index is 323. The normalized spacial score (nSPS) is 11.9. The van der Waals surface area contributed by atoms with Gasteiger partial charge in [-0.3, -0.25) is 5.32 Å². The maximum absolute atomic E-state index is 11.3. The molecule has 0 saturated heterocycles. The summed E-state index contributed by atoms with van der Waals surface area (Å²) in [4.78, 5) is 25.9. The molecule has 0 heterocycles. The SMILES string of the molecule is CCCCOC(=O)N=C(S)NC(=O)OC(C)(C)C. The van der Waals surface area contributed by atoms with Crippen molar-refractivity contribution in [1.82, 2.24) is 5.32 Å². The van der Waals surface area contributed by atoms with Crippen LogP contribution in [-0.4, -0.2) is 29.6 Å². The molecule has 0 radical (unpaired) electrons. The number of aliphatic imine (C=N–C) groups is 1. The van der Waals surface area contributed by atoms with Crippen molar-refractivity contribution in [2.45, 2.75) is 46.1 Å². The van der Waals surface area contributed by atoms with Gasteiger partial charge in [0.25, 0.3) is 0 Å². The molecule has 0 fully saturated rings. The Morgan fingerprint density at radius 3 is 2.44 bits per heavy atom. The maximum Gasteiger partial charge on any atom is 0.436 e. The number of nitrogens with zero attached hydrogens (tertiary/aromatic N) is 1. The number of carbonyl (C=O) groups is 2. The van der Waals surface area contributed by atoms with E-state index in [1.165, 1.54) is 0 Å². The lowest BCUT2D eigenvalue weighted by Crippen LogP contribution is -2.34. The Hall–Kier alpha value is -1.24. The molecule has 0 bridgehead atoms. The van der Waals surface area contributed by atoms with Crippen LogP contribution in [-0.2, 0) is 9.47 Å². The van der Waals surface area contributed by atoms with Crippen LogP contribution in [0.5, 0.6) is 0 Å². The zero-order valence-electron chi connectivity index (χ0n) is 11.1. The molecule has 0 aliphatic carbocycles. The molecule has 0 aromatic heterocycles. The van der Waals surface area contributed by atoms with E-state index in [0.29, 0.717) is 6.61 Å². The van der Waals surface area contributed by atoms with Gasteiger partial charge in [-0.15, -0.1) is 12.6 Å². The van der Waals surface area contributed by atoms with Crippen molar-refractivity contribution in [2.75, 3.05) is 6.61 Å². The second kappa shape index (κ2) is 7.97. The lowest BCUT2D eigenvalue weighted by molar-refractivity contribution is 0.0564. The summed E-state index contributed by atoms with van der Waals surface area (Å²) in [5.41, 5.74) is -0.625. The topological polar surface area (TPSA) is 77.0 Å². The summed E-state index contributed by atoms with van der Waals surface area (Å²) >= 11 is 3.84. The molecule has 0 aromatic rings. The van der Waals surface area contributed by atoms with Crippen molar-refractivity contribution in [3.63, 3.8) is 0 Å². The molecule has 1 N–H and O–H groups in total. The van der Waals surface area contributed by atoms with E-state index < -0.39 is 17.8 Å². The van der Waals surface area contributed by atoms with Crippen molar-refractivity contribution in [3.05, 3.63) is 0 Å². The van der Waals surface area contributed by atoms with E-state index in [9.17, 15) is 9.59 Å². The van der Waals surface area contributed by atoms with Gasteiger partial charge >= 0.3 is 12.2 Å². The highest BCUT2D eigenvalue weighted by molar-refractivity contribution is 7.96. The van der Waals surface area contributed by atoms with Gasteiger partial charge in [0.15, 0.2) is 5.17 Å². The van der Waals surface area contributed by atoms with Gasteiger partial charge in [-0.25, -0.2) is 9.59 Å². The number of amidine groups is 1. The van der Waals surface area contributed by atoms with E-state index in [1.54, 1.807) is 20.8 Å². The number of thiol groups is 1. The fourth-order valence-electron chi connectivity index (χ4n) is 0.845. The van der Waals surface area contributed by atoms with E-state index in [-0.39, 0.29) is 5.17 Å². The highest BCUT2D eigenvalue weighted by Crippen LogP contribution is 2.06. The first-order valence-electron chi connectivity index (χ1n) is 5.69. The first-order valence-corrected chi connectivity index (χ1v) is 6.13. The number of unbranched alkanes of at least 4 members (excludes halogenated alkanes) is 1. The Labute approximate surface area is 113 Å². The van der Waals surface area contributed by atoms with Crippen LogP contribution in [0.4, 0.5) is 9.59 Å². The summed E-state index contributed by atoms with van der Waals surface area (Å²) < 4.78 is 9.72. The van der Waals surface area contributed by atoms with Crippen molar-refractivity contribution in [1.29, 1.82) is 0 Å². The number of hydrogen-bond donors (Lipinski definition) is 2. The zero-order chi connectivity index (χ0) is 14.2. The second-order valence-electron chi connectivity index (χ2n) is 4.53. The minimum atomic E-state index is -0.787. The van der Waals surface area contributed by atoms with Gasteiger partial charge in [0, 0.05) is 0 Å². The maximum atomic E-state index is 11.3. The van der Waals surface area contributed by atoms with E-state index in [1.807, 2.05) is 6.92 Å². The molecule has 0 aromatic carbocycles. The van der Waals surface area contributed by atoms with Gasteiger partial charge in [-0.2, -0.15) is 4.99 Å². The fraction of sp³-hybridized carbons (Fsp3) is 0.727. The molecule has 104 valence electrons. The molecule has 0 aliphatic heterocycles. The van der Waals surface area contributed by atoms with Gasteiger partial charge in [-0.1, -0.05) is 13.3 Å². The number of amides is 2. The Morgan fingerprint density at radius 1 is 1.33 bits per heavy atom. The predicted molar refractivity (Wildman–Crippen MR) is 72.0 cm³/mol. The van der Waals surface area contributed by atoms with E-state index in [2.05, 4.69) is 22.9 Å². The molecule has 0 rings (SSSR count). The Kier molecular flexibility index (Phi) is 7.42. The number of rotatable bonds is 3.